The number of carboxylic acid groups (broad SMARTS) is 1. The van der Waals surface area contributed by atoms with Gasteiger partial charge in [-0.15, -0.1) is 0 Å². The van der Waals surface area contributed by atoms with Gasteiger partial charge in [0.05, 0.1) is 12.3 Å². The molecule has 0 fully saturated rings. The molecule has 0 aliphatic rings. The van der Waals surface area contributed by atoms with Gasteiger partial charge in [-0.25, -0.2) is 10.6 Å². The zero-order chi connectivity index (χ0) is 12.9. The van der Waals surface area contributed by atoms with Crippen molar-refractivity contribution in [3.05, 3.63) is 11.4 Å². The van der Waals surface area contributed by atoms with Gasteiger partial charge in [0.1, 0.15) is 0 Å². The highest BCUT2D eigenvalue weighted by Gasteiger charge is 2.28. The first-order chi connectivity index (χ1) is 7.22. The largest absolute Gasteiger partial charge is 0.479 e. The van der Waals surface area contributed by atoms with Gasteiger partial charge in [0, 0.05) is 12.2 Å². The molecule has 0 aliphatic heterocycles. The second-order valence-electron chi connectivity index (χ2n) is 4.02. The van der Waals surface area contributed by atoms with Crippen LogP contribution in [0.15, 0.2) is 11.4 Å². The normalized spacial score (nSPS) is 13.3. The summed E-state index contributed by atoms with van der Waals surface area (Å²) in [7, 11) is 0. The van der Waals surface area contributed by atoms with Gasteiger partial charge < -0.3 is 20.6 Å². The molecule has 0 rings (SSSR count). The van der Waals surface area contributed by atoms with Crippen LogP contribution in [0.2, 0.25) is 0 Å². The van der Waals surface area contributed by atoms with Crippen LogP contribution in [0.4, 0.5) is 0 Å². The number of hydrazine groups is 1. The summed E-state index contributed by atoms with van der Waals surface area (Å²) >= 11 is 0. The number of hydrogen-bond acceptors (Lipinski definition) is 5. The Morgan fingerprint density at radius 2 is 2.00 bits per heavy atom. The second-order valence-corrected chi connectivity index (χ2v) is 4.02. The highest BCUT2D eigenvalue weighted by molar-refractivity contribution is 5.76. The molecule has 0 heterocycles. The van der Waals surface area contributed by atoms with E-state index < -0.39 is 11.6 Å². The highest BCUT2D eigenvalue weighted by atomic mass is 16.5. The van der Waals surface area contributed by atoms with Gasteiger partial charge in [-0.2, -0.15) is 0 Å². The van der Waals surface area contributed by atoms with E-state index in [9.17, 15) is 4.79 Å². The van der Waals surface area contributed by atoms with Crippen LogP contribution >= 0.6 is 0 Å². The van der Waals surface area contributed by atoms with E-state index in [4.69, 9.17) is 21.4 Å². The standard InChI is InChI=1S/C10H21N3O3/c1-5-13(12)8(7(2)11)6-16-10(3,4)9(14)15/h5-6,11-12H2,1-4H3,(H,14,15)/b8-7-. The number of carboxylic acids is 1. The van der Waals surface area contributed by atoms with Crippen LogP contribution in [0.1, 0.15) is 27.7 Å². The van der Waals surface area contributed by atoms with Crippen LogP contribution in [-0.2, 0) is 9.53 Å². The predicted molar refractivity (Wildman–Crippen MR) is 61.1 cm³/mol. The quantitative estimate of drug-likeness (QED) is 0.447. The third-order valence-corrected chi connectivity index (χ3v) is 2.23. The number of ether oxygens (including phenoxy) is 1. The van der Waals surface area contributed by atoms with Crippen LogP contribution in [0.25, 0.3) is 0 Å². The lowest BCUT2D eigenvalue weighted by Crippen LogP contribution is -2.39. The molecular weight excluding hydrogens is 210 g/mol. The zero-order valence-electron chi connectivity index (χ0n) is 10.3. The van der Waals surface area contributed by atoms with E-state index >= 15 is 0 Å². The van der Waals surface area contributed by atoms with Crippen molar-refractivity contribution >= 4 is 5.97 Å². The molecule has 0 aromatic carbocycles. The molecule has 6 heteroatoms. The van der Waals surface area contributed by atoms with Crippen molar-refractivity contribution in [3.8, 4) is 0 Å². The maximum Gasteiger partial charge on any atom is 0.335 e. The van der Waals surface area contributed by atoms with Crippen LogP contribution in [0.5, 0.6) is 0 Å². The minimum absolute atomic E-state index is 0.0754. The summed E-state index contributed by atoms with van der Waals surface area (Å²) < 4.78 is 5.28. The summed E-state index contributed by atoms with van der Waals surface area (Å²) in [5.74, 6) is 4.67. The number of nitrogens with zero attached hydrogens (tertiary/aromatic N) is 1. The molecule has 0 saturated heterocycles. The molecule has 0 saturated carbocycles. The van der Waals surface area contributed by atoms with Crippen LogP contribution in [-0.4, -0.2) is 34.8 Å². The van der Waals surface area contributed by atoms with E-state index in [1.807, 2.05) is 6.92 Å². The minimum atomic E-state index is -1.25. The maximum absolute atomic E-state index is 10.8. The van der Waals surface area contributed by atoms with E-state index in [1.165, 1.54) is 18.9 Å². The predicted octanol–water partition coefficient (Wildman–Crippen LogP) is 0.252. The lowest BCUT2D eigenvalue weighted by atomic mass is 10.1. The van der Waals surface area contributed by atoms with Crippen LogP contribution in [0.3, 0.4) is 0 Å². The summed E-state index contributed by atoms with van der Waals surface area (Å²) in [6.07, 6.45) is 0. The van der Waals surface area contributed by atoms with E-state index in [2.05, 4.69) is 0 Å². The average Bonchev–Trinajstić information content (AvgIpc) is 2.16. The maximum atomic E-state index is 10.8. The fraction of sp³-hybridized carbons (Fsp3) is 0.700. The Hall–Kier alpha value is -1.27. The third kappa shape index (κ3) is 4.08. The van der Waals surface area contributed by atoms with E-state index in [0.717, 1.165) is 0 Å². The van der Waals surface area contributed by atoms with Gasteiger partial charge >= 0.3 is 5.97 Å². The smallest absolute Gasteiger partial charge is 0.335 e. The lowest BCUT2D eigenvalue weighted by Gasteiger charge is -2.26. The minimum Gasteiger partial charge on any atom is -0.479 e. The number of hydrogen-bond donors (Lipinski definition) is 3. The van der Waals surface area contributed by atoms with E-state index in [0.29, 0.717) is 17.9 Å². The molecule has 0 spiro atoms. The fourth-order valence-electron chi connectivity index (χ4n) is 0.925. The van der Waals surface area contributed by atoms with Gasteiger partial charge in [0.2, 0.25) is 0 Å². The summed E-state index contributed by atoms with van der Waals surface area (Å²) in [5.41, 5.74) is 5.51. The number of rotatable bonds is 6. The van der Waals surface area contributed by atoms with Crippen molar-refractivity contribution in [2.75, 3.05) is 13.2 Å². The molecule has 6 nitrogen and oxygen atoms in total. The molecule has 0 aromatic heterocycles. The topological polar surface area (TPSA) is 102 Å². The van der Waals surface area contributed by atoms with E-state index in [1.54, 1.807) is 6.92 Å². The second kappa shape index (κ2) is 5.72. The SMILES string of the molecule is CCN(N)/C(COC(C)(C)C(=O)O)=C(/C)N. The van der Waals surface area contributed by atoms with Crippen LogP contribution < -0.4 is 11.6 Å². The first-order valence-electron chi connectivity index (χ1n) is 5.07. The van der Waals surface area contributed by atoms with Crippen molar-refractivity contribution < 1.29 is 14.6 Å². The Bertz CT molecular complexity index is 283. The zero-order valence-corrected chi connectivity index (χ0v) is 10.3. The highest BCUT2D eigenvalue weighted by Crippen LogP contribution is 2.13. The Kier molecular flexibility index (Phi) is 5.26. The average molecular weight is 231 g/mol. The molecule has 0 aliphatic carbocycles. The third-order valence-electron chi connectivity index (χ3n) is 2.23. The van der Waals surface area contributed by atoms with Gasteiger partial charge in [-0.3, -0.25) is 0 Å². The van der Waals surface area contributed by atoms with Gasteiger partial charge in [-0.1, -0.05) is 0 Å². The van der Waals surface area contributed by atoms with Crippen molar-refractivity contribution in [2.24, 2.45) is 11.6 Å². The first-order valence-corrected chi connectivity index (χ1v) is 5.07. The summed E-state index contributed by atoms with van der Waals surface area (Å²) in [4.78, 5) is 10.8. The van der Waals surface area contributed by atoms with Crippen molar-refractivity contribution in [1.29, 1.82) is 0 Å². The number of allylic oxidation sites excluding steroid dienone is 1. The Morgan fingerprint density at radius 3 is 2.31 bits per heavy atom. The molecule has 0 atom stereocenters. The Morgan fingerprint density at radius 1 is 1.50 bits per heavy atom. The van der Waals surface area contributed by atoms with Gasteiger partial charge in [-0.05, 0) is 27.7 Å². The molecule has 0 unspecified atom stereocenters. The number of nitrogens with two attached hydrogens (primary N) is 2. The van der Waals surface area contributed by atoms with Crippen molar-refractivity contribution in [1.82, 2.24) is 5.01 Å². The summed E-state index contributed by atoms with van der Waals surface area (Å²) in [5, 5.41) is 10.3. The molecular formula is C10H21N3O3. The molecule has 5 N–H and O–H groups in total. The number of likely N-dealkylation sites (N-methyl/N-ethyl adjacent to an activating group) is 1. The van der Waals surface area contributed by atoms with Gasteiger partial charge in [0.15, 0.2) is 5.60 Å². The van der Waals surface area contributed by atoms with Crippen molar-refractivity contribution in [2.45, 2.75) is 33.3 Å². The molecule has 94 valence electrons. The molecule has 0 aromatic rings. The van der Waals surface area contributed by atoms with Crippen LogP contribution in [0, 0.1) is 0 Å². The monoisotopic (exact) mass is 231 g/mol. The Labute approximate surface area is 95.8 Å². The summed E-state index contributed by atoms with van der Waals surface area (Å²) in [6, 6.07) is 0. The van der Waals surface area contributed by atoms with Crippen molar-refractivity contribution in [3.63, 3.8) is 0 Å². The van der Waals surface area contributed by atoms with Gasteiger partial charge in [0.25, 0.3) is 0 Å². The van der Waals surface area contributed by atoms with E-state index in [-0.39, 0.29) is 6.61 Å². The molecule has 0 bridgehead atoms. The summed E-state index contributed by atoms with van der Waals surface area (Å²) in [6.45, 7) is 7.16. The molecule has 16 heavy (non-hydrogen) atoms. The Balaban J connectivity index is 4.59. The first kappa shape index (κ1) is 14.7. The molecule has 0 radical (unpaired) electrons. The number of aliphatic carboxylic acids is 1. The molecule has 0 amide bonds. The fourth-order valence-corrected chi connectivity index (χ4v) is 0.925. The lowest BCUT2D eigenvalue weighted by molar-refractivity contribution is -0.160. The number of carbonyl (C=O) groups is 1.